The van der Waals surface area contributed by atoms with Crippen LogP contribution in [0.1, 0.15) is 48.1 Å². The van der Waals surface area contributed by atoms with Crippen LogP contribution in [0.25, 0.3) is 10.2 Å². The number of hydrogen-bond donors (Lipinski definition) is 1. The van der Waals surface area contributed by atoms with Crippen molar-refractivity contribution in [3.05, 3.63) is 63.0 Å². The second kappa shape index (κ2) is 8.27. The highest BCUT2D eigenvalue weighted by Gasteiger charge is 2.20. The third-order valence-corrected chi connectivity index (χ3v) is 6.70. The van der Waals surface area contributed by atoms with E-state index in [1.54, 1.807) is 22.2 Å². The van der Waals surface area contributed by atoms with E-state index >= 15 is 0 Å². The molecule has 2 heterocycles. The molecule has 2 aromatic heterocycles. The van der Waals surface area contributed by atoms with Crippen LogP contribution in [0.3, 0.4) is 0 Å². The molecule has 1 N–H and O–H groups in total. The number of aryl methyl sites for hydroxylation is 3. The number of fused-ring (bicyclic) bond motifs is 3. The van der Waals surface area contributed by atoms with Gasteiger partial charge in [0.25, 0.3) is 5.56 Å². The maximum atomic E-state index is 12.9. The third kappa shape index (κ3) is 3.87. The highest BCUT2D eigenvalue weighted by atomic mass is 32.1. The van der Waals surface area contributed by atoms with Gasteiger partial charge in [-0.1, -0.05) is 37.3 Å². The lowest BCUT2D eigenvalue weighted by Gasteiger charge is -2.13. The molecule has 0 spiro atoms. The summed E-state index contributed by atoms with van der Waals surface area (Å²) in [5, 5.41) is 3.76. The zero-order chi connectivity index (χ0) is 19.5. The van der Waals surface area contributed by atoms with E-state index < -0.39 is 0 Å². The smallest absolute Gasteiger partial charge is 0.262 e. The lowest BCUT2D eigenvalue weighted by atomic mass is 9.97. The summed E-state index contributed by atoms with van der Waals surface area (Å²) in [4.78, 5) is 31.8. The lowest BCUT2D eigenvalue weighted by Crippen LogP contribution is -2.30. The lowest BCUT2D eigenvalue weighted by molar-refractivity contribution is -0.121. The van der Waals surface area contributed by atoms with Gasteiger partial charge < -0.3 is 5.32 Å². The van der Waals surface area contributed by atoms with Crippen LogP contribution in [0.2, 0.25) is 0 Å². The highest BCUT2D eigenvalue weighted by molar-refractivity contribution is 7.18. The monoisotopic (exact) mass is 395 g/mol. The van der Waals surface area contributed by atoms with Crippen molar-refractivity contribution in [2.45, 2.75) is 51.5 Å². The quantitative estimate of drug-likeness (QED) is 0.693. The summed E-state index contributed by atoms with van der Waals surface area (Å²) in [6.45, 7) is 3.04. The number of amides is 1. The summed E-state index contributed by atoms with van der Waals surface area (Å²) in [6.07, 6.45) is 6.21. The van der Waals surface area contributed by atoms with Crippen LogP contribution in [0, 0.1) is 0 Å². The summed E-state index contributed by atoms with van der Waals surface area (Å²) >= 11 is 1.65. The maximum absolute atomic E-state index is 12.9. The van der Waals surface area contributed by atoms with Crippen molar-refractivity contribution in [1.82, 2.24) is 14.9 Å². The molecular weight excluding hydrogens is 370 g/mol. The van der Waals surface area contributed by atoms with Crippen LogP contribution in [0.15, 0.2) is 41.5 Å². The number of aromatic nitrogens is 2. The van der Waals surface area contributed by atoms with Gasteiger partial charge in [-0.25, -0.2) is 4.98 Å². The number of benzene rings is 1. The molecule has 0 aliphatic heterocycles. The topological polar surface area (TPSA) is 64.0 Å². The number of nitrogens with zero attached hydrogens (tertiary/aromatic N) is 2. The van der Waals surface area contributed by atoms with Crippen molar-refractivity contribution < 1.29 is 4.79 Å². The molecule has 3 aromatic rings. The van der Waals surface area contributed by atoms with Crippen molar-refractivity contribution in [2.24, 2.45) is 0 Å². The fourth-order valence-corrected chi connectivity index (χ4v) is 5.04. The summed E-state index contributed by atoms with van der Waals surface area (Å²) in [7, 11) is 0. The zero-order valence-corrected chi connectivity index (χ0v) is 16.9. The summed E-state index contributed by atoms with van der Waals surface area (Å²) in [5.74, 6) is 0.213. The van der Waals surface area contributed by atoms with Crippen LogP contribution >= 0.6 is 11.3 Å². The molecular formula is C22H25N3O2S. The highest BCUT2D eigenvalue weighted by Crippen LogP contribution is 2.33. The minimum Gasteiger partial charge on any atom is -0.355 e. The standard InChI is InChI=1S/C22H25N3O2S/c1-15(16-7-3-2-4-8-16)13-23-19(26)11-12-25-14-24-21-20(22(25)27)17-9-5-6-10-18(17)28-21/h2-4,7-8,14-15H,5-6,9-13H2,1H3,(H,23,26). The second-order valence-corrected chi connectivity index (χ2v) is 8.58. The predicted molar refractivity (Wildman–Crippen MR) is 113 cm³/mol. The van der Waals surface area contributed by atoms with Gasteiger partial charge in [-0.05, 0) is 42.7 Å². The van der Waals surface area contributed by atoms with E-state index in [2.05, 4.69) is 29.4 Å². The first kappa shape index (κ1) is 18.9. The van der Waals surface area contributed by atoms with Crippen LogP contribution in [0.4, 0.5) is 0 Å². The number of rotatable bonds is 6. The Hall–Kier alpha value is -2.47. The first-order chi connectivity index (χ1) is 13.6. The van der Waals surface area contributed by atoms with Crippen molar-refractivity contribution in [1.29, 1.82) is 0 Å². The molecule has 1 unspecified atom stereocenters. The van der Waals surface area contributed by atoms with Gasteiger partial charge in [0.1, 0.15) is 4.83 Å². The molecule has 1 aliphatic carbocycles. The SMILES string of the molecule is CC(CNC(=O)CCn1cnc2sc3c(c2c1=O)CCCC3)c1ccccc1. The molecule has 0 radical (unpaired) electrons. The zero-order valence-electron chi connectivity index (χ0n) is 16.1. The van der Waals surface area contributed by atoms with E-state index in [1.807, 2.05) is 18.2 Å². The largest absolute Gasteiger partial charge is 0.355 e. The Bertz CT molecular complexity index is 1040. The van der Waals surface area contributed by atoms with Gasteiger partial charge >= 0.3 is 0 Å². The average molecular weight is 396 g/mol. The molecule has 0 bridgehead atoms. The van der Waals surface area contributed by atoms with Crippen molar-refractivity contribution in [2.75, 3.05) is 6.54 Å². The van der Waals surface area contributed by atoms with E-state index in [4.69, 9.17) is 0 Å². The Balaban J connectivity index is 1.39. The maximum Gasteiger partial charge on any atom is 0.262 e. The molecule has 5 nitrogen and oxygen atoms in total. The summed E-state index contributed by atoms with van der Waals surface area (Å²) < 4.78 is 1.59. The number of thiophene rings is 1. The minimum atomic E-state index is -0.0397. The number of hydrogen-bond acceptors (Lipinski definition) is 4. The second-order valence-electron chi connectivity index (χ2n) is 7.50. The van der Waals surface area contributed by atoms with Gasteiger partial charge in [-0.3, -0.25) is 14.2 Å². The van der Waals surface area contributed by atoms with Crippen LogP contribution in [-0.4, -0.2) is 22.0 Å². The van der Waals surface area contributed by atoms with Gasteiger partial charge in [-0.15, -0.1) is 11.3 Å². The molecule has 1 aromatic carbocycles. The van der Waals surface area contributed by atoms with Crippen molar-refractivity contribution in [3.63, 3.8) is 0 Å². The molecule has 1 atom stereocenters. The third-order valence-electron chi connectivity index (χ3n) is 5.50. The summed E-state index contributed by atoms with van der Waals surface area (Å²) in [5.41, 5.74) is 2.39. The predicted octanol–water partition coefficient (Wildman–Crippen LogP) is 3.65. The molecule has 6 heteroatoms. The molecule has 28 heavy (non-hydrogen) atoms. The Morgan fingerprint density at radius 3 is 2.86 bits per heavy atom. The first-order valence-corrected chi connectivity index (χ1v) is 10.8. The Kier molecular flexibility index (Phi) is 5.57. The fourth-order valence-electron chi connectivity index (χ4n) is 3.82. The van der Waals surface area contributed by atoms with E-state index in [0.29, 0.717) is 13.1 Å². The van der Waals surface area contributed by atoms with Crippen LogP contribution in [-0.2, 0) is 24.2 Å². The van der Waals surface area contributed by atoms with Gasteiger partial charge in [0, 0.05) is 24.4 Å². The van der Waals surface area contributed by atoms with E-state index in [-0.39, 0.29) is 23.8 Å². The van der Waals surface area contributed by atoms with Gasteiger partial charge in [0.15, 0.2) is 0 Å². The van der Waals surface area contributed by atoms with Crippen molar-refractivity contribution in [3.8, 4) is 0 Å². The molecule has 0 fully saturated rings. The van der Waals surface area contributed by atoms with E-state index in [0.717, 1.165) is 29.5 Å². The van der Waals surface area contributed by atoms with E-state index in [9.17, 15) is 9.59 Å². The molecule has 146 valence electrons. The molecule has 0 saturated carbocycles. The average Bonchev–Trinajstić information content (AvgIpc) is 3.11. The van der Waals surface area contributed by atoms with Crippen LogP contribution in [0.5, 0.6) is 0 Å². The molecule has 1 aliphatic rings. The number of carbonyl (C=O) groups excluding carboxylic acids is 1. The van der Waals surface area contributed by atoms with Gasteiger partial charge in [-0.2, -0.15) is 0 Å². The number of nitrogens with one attached hydrogen (secondary N) is 1. The van der Waals surface area contributed by atoms with Crippen LogP contribution < -0.4 is 10.9 Å². The molecule has 4 rings (SSSR count). The summed E-state index contributed by atoms with van der Waals surface area (Å²) in [6, 6.07) is 10.1. The normalized spacial score (nSPS) is 14.6. The first-order valence-electron chi connectivity index (χ1n) is 9.95. The number of carbonyl (C=O) groups is 1. The minimum absolute atomic E-state index is 0.00477. The molecule has 0 saturated heterocycles. The fraction of sp³-hybridized carbons (Fsp3) is 0.409. The Morgan fingerprint density at radius 1 is 1.25 bits per heavy atom. The molecule has 1 amide bonds. The van der Waals surface area contributed by atoms with Gasteiger partial charge in [0.2, 0.25) is 5.91 Å². The van der Waals surface area contributed by atoms with Gasteiger partial charge in [0.05, 0.1) is 11.7 Å². The Morgan fingerprint density at radius 2 is 2.04 bits per heavy atom. The Labute approximate surface area is 168 Å². The van der Waals surface area contributed by atoms with E-state index in [1.165, 1.54) is 22.4 Å². The van der Waals surface area contributed by atoms with Crippen molar-refractivity contribution >= 4 is 27.5 Å².